The van der Waals surface area contributed by atoms with Crippen LogP contribution in [0.3, 0.4) is 0 Å². The summed E-state index contributed by atoms with van der Waals surface area (Å²) in [5.74, 6) is 0.391. The van der Waals surface area contributed by atoms with Crippen LogP contribution in [0.2, 0.25) is 0 Å². The number of fused-ring (bicyclic) bond motifs is 3. The van der Waals surface area contributed by atoms with Crippen LogP contribution in [0.5, 0.6) is 0 Å². The first-order valence-electron chi connectivity index (χ1n) is 7.94. The van der Waals surface area contributed by atoms with Gasteiger partial charge >= 0.3 is 0 Å². The number of nitrogens with zero attached hydrogens (tertiary/aromatic N) is 1. The van der Waals surface area contributed by atoms with Crippen molar-refractivity contribution in [1.82, 2.24) is 10.2 Å². The van der Waals surface area contributed by atoms with Crippen molar-refractivity contribution in [3.63, 3.8) is 0 Å². The minimum Gasteiger partial charge on any atom is -0.351 e. The first kappa shape index (κ1) is 15.2. The summed E-state index contributed by atoms with van der Waals surface area (Å²) in [6.07, 6.45) is 2.79. The second-order valence-electron chi connectivity index (χ2n) is 6.28. The normalized spacial score (nSPS) is 27.9. The number of carbonyl (C=O) groups excluding carboxylic acids is 2. The molecule has 1 saturated carbocycles. The Morgan fingerprint density at radius 3 is 2.68 bits per heavy atom. The lowest BCUT2D eigenvalue weighted by atomic mass is 9.72. The third kappa shape index (κ3) is 2.66. The fraction of sp³-hybridized carbons (Fsp3) is 0.529. The number of carbonyl (C=O) groups is 2. The number of nitrogens with two attached hydrogens (primary N) is 1. The van der Waals surface area contributed by atoms with E-state index in [0.717, 1.165) is 18.4 Å². The van der Waals surface area contributed by atoms with Gasteiger partial charge < -0.3 is 11.1 Å². The zero-order valence-corrected chi connectivity index (χ0v) is 12.9. The zero-order valence-electron chi connectivity index (χ0n) is 12.9. The van der Waals surface area contributed by atoms with Crippen LogP contribution >= 0.6 is 0 Å². The van der Waals surface area contributed by atoms with Crippen LogP contribution in [0.4, 0.5) is 0 Å². The van der Waals surface area contributed by atoms with E-state index in [1.54, 1.807) is 0 Å². The van der Waals surface area contributed by atoms with Crippen molar-refractivity contribution in [2.24, 2.45) is 11.7 Å². The predicted molar refractivity (Wildman–Crippen MR) is 84.5 cm³/mol. The van der Waals surface area contributed by atoms with E-state index in [4.69, 9.17) is 5.73 Å². The molecule has 1 aromatic carbocycles. The van der Waals surface area contributed by atoms with Gasteiger partial charge in [0.05, 0.1) is 0 Å². The first-order valence-corrected chi connectivity index (χ1v) is 7.94. The predicted octanol–water partition coefficient (Wildman–Crippen LogP) is 1.10. The maximum absolute atomic E-state index is 12.2. The molecule has 0 spiro atoms. The fourth-order valence-electron chi connectivity index (χ4n) is 3.80. The van der Waals surface area contributed by atoms with Gasteiger partial charge in [-0.15, -0.1) is 0 Å². The molecule has 22 heavy (non-hydrogen) atoms. The highest BCUT2D eigenvalue weighted by atomic mass is 16.1. The van der Waals surface area contributed by atoms with Gasteiger partial charge in [0.15, 0.2) is 0 Å². The maximum atomic E-state index is 12.2. The van der Waals surface area contributed by atoms with Crippen molar-refractivity contribution in [2.45, 2.75) is 31.3 Å². The number of nitrogens with one attached hydrogen (secondary N) is 1. The summed E-state index contributed by atoms with van der Waals surface area (Å²) in [6.45, 7) is 0.909. The Labute approximate surface area is 130 Å². The lowest BCUT2D eigenvalue weighted by Crippen LogP contribution is -2.52. The molecule has 3 fully saturated rings. The van der Waals surface area contributed by atoms with Gasteiger partial charge in [-0.2, -0.15) is 0 Å². The Morgan fingerprint density at radius 2 is 2.05 bits per heavy atom. The van der Waals surface area contributed by atoms with Gasteiger partial charge in [-0.3, -0.25) is 14.5 Å². The van der Waals surface area contributed by atoms with Gasteiger partial charge in [0, 0.05) is 43.1 Å². The molecule has 0 radical (unpaired) electrons. The molecule has 3 atom stereocenters. The van der Waals surface area contributed by atoms with E-state index < -0.39 is 0 Å². The van der Waals surface area contributed by atoms with Crippen molar-refractivity contribution in [3.05, 3.63) is 35.4 Å². The Kier molecular flexibility index (Phi) is 4.27. The Bertz CT molecular complexity index is 570. The van der Waals surface area contributed by atoms with Crippen molar-refractivity contribution < 1.29 is 9.59 Å². The number of hydrogen-bond acceptors (Lipinski definition) is 4. The first-order chi connectivity index (χ1) is 10.6. The van der Waals surface area contributed by atoms with Crippen molar-refractivity contribution in [3.8, 4) is 0 Å². The number of amides is 1. The zero-order chi connectivity index (χ0) is 15.7. The van der Waals surface area contributed by atoms with Gasteiger partial charge in [0.2, 0.25) is 0 Å². The van der Waals surface area contributed by atoms with E-state index in [-0.39, 0.29) is 17.9 Å². The summed E-state index contributed by atoms with van der Waals surface area (Å²) in [5.41, 5.74) is 7.14. The highest BCUT2D eigenvalue weighted by molar-refractivity contribution is 5.94. The summed E-state index contributed by atoms with van der Waals surface area (Å²) < 4.78 is 0. The number of Topliss-reactive ketones (excluding diaryl/α,β-unsaturated/α-hetero) is 1. The average molecular weight is 301 g/mol. The van der Waals surface area contributed by atoms with Gasteiger partial charge in [0.1, 0.15) is 5.78 Å². The molecule has 2 saturated heterocycles. The minimum atomic E-state index is -0.105. The van der Waals surface area contributed by atoms with E-state index in [2.05, 4.69) is 17.3 Å². The van der Waals surface area contributed by atoms with E-state index in [1.165, 1.54) is 0 Å². The highest BCUT2D eigenvalue weighted by Crippen LogP contribution is 2.44. The second-order valence-corrected chi connectivity index (χ2v) is 6.28. The molecule has 1 aromatic rings. The van der Waals surface area contributed by atoms with Crippen molar-refractivity contribution in [2.75, 3.05) is 20.1 Å². The lowest BCUT2D eigenvalue weighted by Gasteiger charge is -2.49. The largest absolute Gasteiger partial charge is 0.351 e. The van der Waals surface area contributed by atoms with Crippen LogP contribution in [0.1, 0.15) is 41.2 Å². The van der Waals surface area contributed by atoms with E-state index in [9.17, 15) is 9.59 Å². The molecule has 3 aliphatic rings. The fourth-order valence-corrected chi connectivity index (χ4v) is 3.80. The second kappa shape index (κ2) is 6.18. The molecule has 2 bridgehead atoms. The number of ketones is 1. The minimum absolute atomic E-state index is 0.104. The molecule has 1 amide bonds. The molecule has 5 nitrogen and oxygen atoms in total. The van der Waals surface area contributed by atoms with Crippen LogP contribution in [-0.2, 0) is 4.79 Å². The molecule has 4 rings (SSSR count). The van der Waals surface area contributed by atoms with Crippen LogP contribution in [-0.4, -0.2) is 42.8 Å². The van der Waals surface area contributed by atoms with Crippen molar-refractivity contribution >= 4 is 11.7 Å². The van der Waals surface area contributed by atoms with Gasteiger partial charge in [-0.1, -0.05) is 12.1 Å². The summed E-state index contributed by atoms with van der Waals surface area (Å²) >= 11 is 0. The van der Waals surface area contributed by atoms with Crippen molar-refractivity contribution in [1.29, 1.82) is 0 Å². The third-order valence-electron chi connectivity index (χ3n) is 5.00. The highest BCUT2D eigenvalue weighted by Gasteiger charge is 2.45. The lowest BCUT2D eigenvalue weighted by molar-refractivity contribution is -0.136. The summed E-state index contributed by atoms with van der Waals surface area (Å²) in [4.78, 5) is 26.4. The van der Waals surface area contributed by atoms with Crippen LogP contribution in [0.15, 0.2) is 24.3 Å². The van der Waals surface area contributed by atoms with Gasteiger partial charge in [-0.25, -0.2) is 0 Å². The molecule has 2 heterocycles. The van der Waals surface area contributed by atoms with E-state index in [1.807, 2.05) is 24.3 Å². The number of hydrogen-bond donors (Lipinski definition) is 2. The summed E-state index contributed by atoms with van der Waals surface area (Å²) in [7, 11) is 2.11. The monoisotopic (exact) mass is 301 g/mol. The van der Waals surface area contributed by atoms with Crippen LogP contribution < -0.4 is 11.1 Å². The number of benzene rings is 1. The molecular formula is C17H23N3O2. The molecule has 3 N–H and O–H groups in total. The Balaban J connectivity index is 1.78. The summed E-state index contributed by atoms with van der Waals surface area (Å²) in [5, 5.41) is 2.76. The molecule has 118 valence electrons. The molecule has 1 aliphatic carbocycles. The van der Waals surface area contributed by atoms with Crippen LogP contribution in [0.25, 0.3) is 0 Å². The van der Waals surface area contributed by atoms with Crippen LogP contribution in [0, 0.1) is 5.92 Å². The Morgan fingerprint density at radius 1 is 1.32 bits per heavy atom. The van der Waals surface area contributed by atoms with Gasteiger partial charge in [-0.05, 0) is 37.6 Å². The smallest absolute Gasteiger partial charge is 0.251 e. The third-order valence-corrected chi connectivity index (χ3v) is 5.00. The topological polar surface area (TPSA) is 75.4 Å². The SMILES string of the molecule is CN1C2CCC(C(=O)C2)C1c1ccc(C(=O)NCCN)cc1. The van der Waals surface area contributed by atoms with E-state index in [0.29, 0.717) is 36.9 Å². The average Bonchev–Trinajstić information content (AvgIpc) is 2.54. The van der Waals surface area contributed by atoms with E-state index >= 15 is 0 Å². The molecule has 0 aromatic heterocycles. The maximum Gasteiger partial charge on any atom is 0.251 e. The molecule has 3 unspecified atom stereocenters. The molecule has 2 aliphatic heterocycles. The van der Waals surface area contributed by atoms with Gasteiger partial charge in [0.25, 0.3) is 5.91 Å². The quantitative estimate of drug-likeness (QED) is 0.873. The molecule has 5 heteroatoms. The standard InChI is InChI=1S/C17H23N3O2/c1-20-13-6-7-14(15(21)10-13)16(20)11-2-4-12(5-3-11)17(22)19-9-8-18/h2-5,13-14,16H,6-10,18H2,1H3,(H,19,22). The molecular weight excluding hydrogens is 278 g/mol. The summed E-state index contributed by atoms with van der Waals surface area (Å²) in [6, 6.07) is 8.15. The number of rotatable bonds is 4. The Hall–Kier alpha value is -1.72. The number of piperidine rings is 2.